The predicted molar refractivity (Wildman–Crippen MR) is 55.2 cm³/mol. The van der Waals surface area contributed by atoms with Gasteiger partial charge in [0.15, 0.2) is 6.30 Å². The van der Waals surface area contributed by atoms with Gasteiger partial charge < -0.3 is 9.47 Å². The van der Waals surface area contributed by atoms with E-state index in [0.29, 0.717) is 0 Å². The number of hydrogen-bond donors (Lipinski definition) is 1. The number of nitrogens with one attached hydrogen (secondary N) is 1. The van der Waals surface area contributed by atoms with Crippen molar-refractivity contribution >= 4 is 12.1 Å². The molecule has 0 fully saturated rings. The van der Waals surface area contributed by atoms with E-state index in [0.717, 1.165) is 0 Å². The number of esters is 1. The van der Waals surface area contributed by atoms with Crippen LogP contribution in [0.2, 0.25) is 0 Å². The third-order valence-corrected chi connectivity index (χ3v) is 1.66. The molecule has 0 aliphatic heterocycles. The second-order valence-corrected chi connectivity index (χ2v) is 3.58. The molecule has 94 valence electrons. The van der Waals surface area contributed by atoms with Crippen LogP contribution < -0.4 is 5.32 Å². The number of halogens is 1. The van der Waals surface area contributed by atoms with E-state index in [2.05, 4.69) is 4.74 Å². The molecule has 0 radical (unpaired) electrons. The first-order valence-electron chi connectivity index (χ1n) is 5.18. The minimum Gasteiger partial charge on any atom is -0.425 e. The van der Waals surface area contributed by atoms with Gasteiger partial charge in [0.25, 0.3) is 0 Å². The van der Waals surface area contributed by atoms with Gasteiger partial charge in [-0.1, -0.05) is 20.8 Å². The Morgan fingerprint density at radius 1 is 1.25 bits per heavy atom. The van der Waals surface area contributed by atoms with E-state index in [-0.39, 0.29) is 12.3 Å². The summed E-state index contributed by atoms with van der Waals surface area (Å²) in [7, 11) is 0. The van der Waals surface area contributed by atoms with Crippen LogP contribution in [0.25, 0.3) is 0 Å². The fourth-order valence-corrected chi connectivity index (χ4v) is 0.738. The molecule has 1 N–H and O–H groups in total. The summed E-state index contributed by atoms with van der Waals surface area (Å²) in [4.78, 5) is 22.1. The Balaban J connectivity index is 3.91. The first-order valence-corrected chi connectivity index (χ1v) is 5.18. The van der Waals surface area contributed by atoms with Crippen molar-refractivity contribution in [3.05, 3.63) is 0 Å². The highest BCUT2D eigenvalue weighted by Gasteiger charge is 2.17. The fourth-order valence-electron chi connectivity index (χ4n) is 0.738. The highest BCUT2D eigenvalue weighted by Crippen LogP contribution is 2.02. The predicted octanol–water partition coefficient (Wildman–Crippen LogP) is 1.96. The number of carbonyl (C=O) groups is 2. The van der Waals surface area contributed by atoms with Crippen LogP contribution in [0.1, 0.15) is 34.1 Å². The molecule has 1 amide bonds. The van der Waals surface area contributed by atoms with Crippen molar-refractivity contribution < 1.29 is 23.5 Å². The second kappa shape index (κ2) is 7.03. The largest absolute Gasteiger partial charge is 0.425 e. The van der Waals surface area contributed by atoms with Gasteiger partial charge in [-0.15, -0.1) is 0 Å². The highest BCUT2D eigenvalue weighted by molar-refractivity contribution is 5.72. The minimum absolute atomic E-state index is 0.148. The van der Waals surface area contributed by atoms with Gasteiger partial charge in [-0.25, -0.2) is 9.18 Å². The molecule has 0 heterocycles. The number of carbonyl (C=O) groups excluding carboxylic acids is 2. The summed E-state index contributed by atoms with van der Waals surface area (Å²) < 4.78 is 22.1. The molecule has 0 saturated carbocycles. The molecule has 0 rings (SSSR count). The van der Waals surface area contributed by atoms with E-state index in [1.165, 1.54) is 6.92 Å². The van der Waals surface area contributed by atoms with Gasteiger partial charge in [0.1, 0.15) is 0 Å². The van der Waals surface area contributed by atoms with Crippen LogP contribution in [-0.2, 0) is 14.3 Å². The fraction of sp³-hybridized carbons (Fsp3) is 0.800. The van der Waals surface area contributed by atoms with E-state index >= 15 is 0 Å². The van der Waals surface area contributed by atoms with Crippen molar-refractivity contribution in [1.29, 1.82) is 0 Å². The zero-order valence-corrected chi connectivity index (χ0v) is 9.95. The van der Waals surface area contributed by atoms with Crippen molar-refractivity contribution in [3.63, 3.8) is 0 Å². The maximum absolute atomic E-state index is 12.7. The van der Waals surface area contributed by atoms with Crippen molar-refractivity contribution in [2.75, 3.05) is 0 Å². The van der Waals surface area contributed by atoms with E-state index in [9.17, 15) is 14.0 Å². The van der Waals surface area contributed by atoms with Gasteiger partial charge in [0.2, 0.25) is 6.29 Å². The number of alkyl halides is 1. The first kappa shape index (κ1) is 14.7. The van der Waals surface area contributed by atoms with E-state index in [1.807, 2.05) is 5.32 Å². The van der Waals surface area contributed by atoms with Gasteiger partial charge in [-0.3, -0.25) is 10.1 Å². The topological polar surface area (TPSA) is 64.6 Å². The number of hydrogen-bond acceptors (Lipinski definition) is 4. The van der Waals surface area contributed by atoms with Gasteiger partial charge in [-0.05, 0) is 6.42 Å². The summed E-state index contributed by atoms with van der Waals surface area (Å²) in [6.45, 7) is 6.28. The molecule has 0 bridgehead atoms. The molecule has 5 nitrogen and oxygen atoms in total. The Morgan fingerprint density at radius 2 is 1.81 bits per heavy atom. The average molecular weight is 235 g/mol. The van der Waals surface area contributed by atoms with E-state index in [4.69, 9.17) is 4.74 Å². The van der Waals surface area contributed by atoms with E-state index in [1.54, 1.807) is 20.8 Å². The second-order valence-electron chi connectivity index (χ2n) is 3.58. The molecule has 0 spiro atoms. The Bertz CT molecular complexity index is 245. The lowest BCUT2D eigenvalue weighted by atomic mass is 10.2. The smallest absolute Gasteiger partial charge is 0.412 e. The summed E-state index contributed by atoms with van der Waals surface area (Å²) in [6, 6.07) is 0. The molecule has 2 unspecified atom stereocenters. The Labute approximate surface area is 94.3 Å². The van der Waals surface area contributed by atoms with Crippen molar-refractivity contribution in [1.82, 2.24) is 5.32 Å². The summed E-state index contributed by atoms with van der Waals surface area (Å²) in [6.07, 6.45) is -3.28. The lowest BCUT2D eigenvalue weighted by Crippen LogP contribution is -2.35. The Kier molecular flexibility index (Phi) is 6.44. The van der Waals surface area contributed by atoms with Gasteiger partial charge in [-0.2, -0.15) is 0 Å². The Morgan fingerprint density at radius 3 is 2.25 bits per heavy atom. The zero-order valence-electron chi connectivity index (χ0n) is 9.95. The van der Waals surface area contributed by atoms with E-state index < -0.39 is 24.6 Å². The maximum Gasteiger partial charge on any atom is 0.412 e. The first-order chi connectivity index (χ1) is 7.36. The molecule has 0 aromatic rings. The number of alkyl carbamates (subject to hydrolysis) is 1. The molecule has 0 aliphatic carbocycles. The van der Waals surface area contributed by atoms with Gasteiger partial charge in [0.05, 0.1) is 5.92 Å². The normalized spacial score (nSPS) is 14.1. The molecule has 2 atom stereocenters. The van der Waals surface area contributed by atoms with Crippen molar-refractivity contribution in [3.8, 4) is 0 Å². The van der Waals surface area contributed by atoms with Gasteiger partial charge >= 0.3 is 12.1 Å². The molecular weight excluding hydrogens is 217 g/mol. The summed E-state index contributed by atoms with van der Waals surface area (Å²) in [5.41, 5.74) is 0. The molecule has 16 heavy (non-hydrogen) atoms. The molecule has 0 aromatic carbocycles. The van der Waals surface area contributed by atoms with Crippen LogP contribution in [0.5, 0.6) is 0 Å². The van der Waals surface area contributed by atoms with Gasteiger partial charge in [0, 0.05) is 6.92 Å². The summed E-state index contributed by atoms with van der Waals surface area (Å²) >= 11 is 0. The van der Waals surface area contributed by atoms with Crippen LogP contribution in [0.4, 0.5) is 9.18 Å². The lowest BCUT2D eigenvalue weighted by Gasteiger charge is -2.16. The molecule has 0 aliphatic rings. The van der Waals surface area contributed by atoms with Crippen LogP contribution in [0, 0.1) is 5.92 Å². The number of ether oxygens (including phenoxy) is 2. The zero-order chi connectivity index (χ0) is 12.7. The quantitative estimate of drug-likeness (QED) is 0.449. The number of rotatable bonds is 5. The third-order valence-electron chi connectivity index (χ3n) is 1.66. The molecule has 0 aromatic heterocycles. The van der Waals surface area contributed by atoms with Crippen LogP contribution in [0.15, 0.2) is 0 Å². The van der Waals surface area contributed by atoms with Crippen LogP contribution in [-0.4, -0.2) is 24.6 Å². The SMILES string of the molecule is CCC(F)NC(=O)OC(C)OC(=O)C(C)C. The molecule has 6 heteroatoms. The average Bonchev–Trinajstić information content (AvgIpc) is 2.16. The summed E-state index contributed by atoms with van der Waals surface area (Å²) in [5, 5.41) is 1.94. The lowest BCUT2D eigenvalue weighted by molar-refractivity contribution is -0.168. The summed E-state index contributed by atoms with van der Waals surface area (Å²) in [5.74, 6) is -0.786. The standard InChI is InChI=1S/C10H18FNO4/c1-5-8(11)12-10(14)16-7(4)15-9(13)6(2)3/h6-8H,5H2,1-4H3,(H,12,14). The molecular formula is C10H18FNO4. The highest BCUT2D eigenvalue weighted by atomic mass is 19.1. The number of amides is 1. The van der Waals surface area contributed by atoms with Crippen LogP contribution >= 0.6 is 0 Å². The van der Waals surface area contributed by atoms with Crippen LogP contribution in [0.3, 0.4) is 0 Å². The van der Waals surface area contributed by atoms with Crippen molar-refractivity contribution in [2.45, 2.75) is 46.7 Å². The molecule has 0 saturated heterocycles. The monoisotopic (exact) mass is 235 g/mol. The minimum atomic E-state index is -1.46. The maximum atomic E-state index is 12.7. The Hall–Kier alpha value is -1.33. The third kappa shape index (κ3) is 6.21. The van der Waals surface area contributed by atoms with Crippen molar-refractivity contribution in [2.24, 2.45) is 5.92 Å².